The standard InChI is InChI=1S/C41H41F6N7O4/c42-25-15-49-37(50-16-25)53-19-38(20-53)13-28(14-38)58-27-1-2-29-31(18-54(32(29)12-27)26-3-5-39(43,44)6-4-26)34-48-17-30(33(51-34)41(45,46)47)35(55)52-40(36(56)57)23-8-21-7-22(10-23)11-24(40)9-21/h1-2,12,15-18,21-24,26,28H,3-11,13-14,19-20H2,(H,52,55)(H,56,57). The summed E-state index contributed by atoms with van der Waals surface area (Å²) >= 11 is 0. The third-order valence-corrected chi connectivity index (χ3v) is 14.1. The van der Waals surface area contributed by atoms with Gasteiger partial charge in [0, 0.05) is 66.8 Å². The van der Waals surface area contributed by atoms with Gasteiger partial charge in [0.2, 0.25) is 11.9 Å². The fraction of sp³-hybridized carbons (Fsp3) is 0.561. The van der Waals surface area contributed by atoms with Crippen molar-refractivity contribution in [2.75, 3.05) is 18.0 Å². The average molecular weight is 810 g/mol. The highest BCUT2D eigenvalue weighted by molar-refractivity contribution is 6.00. The first-order valence-corrected chi connectivity index (χ1v) is 20.0. The van der Waals surface area contributed by atoms with Crippen LogP contribution in [0.5, 0.6) is 5.75 Å². The highest BCUT2D eigenvalue weighted by Gasteiger charge is 2.62. The molecule has 4 heterocycles. The predicted octanol–water partition coefficient (Wildman–Crippen LogP) is 7.85. The Morgan fingerprint density at radius 3 is 2.19 bits per heavy atom. The molecule has 7 fully saturated rings. The minimum atomic E-state index is -5.09. The fourth-order valence-corrected chi connectivity index (χ4v) is 11.6. The maximum Gasteiger partial charge on any atom is 0.434 e. The van der Waals surface area contributed by atoms with Gasteiger partial charge in [0.15, 0.2) is 17.3 Å². The van der Waals surface area contributed by atoms with Crippen LogP contribution in [0.4, 0.5) is 32.3 Å². The van der Waals surface area contributed by atoms with Crippen molar-refractivity contribution in [1.82, 2.24) is 29.8 Å². The quantitative estimate of drug-likeness (QED) is 0.171. The van der Waals surface area contributed by atoms with Crippen LogP contribution < -0.4 is 15.0 Å². The number of fused-ring (bicyclic) bond motifs is 1. The van der Waals surface area contributed by atoms with Crippen LogP contribution in [0.1, 0.15) is 92.7 Å². The summed E-state index contributed by atoms with van der Waals surface area (Å²) in [4.78, 5) is 45.0. The Morgan fingerprint density at radius 2 is 1.57 bits per heavy atom. The van der Waals surface area contributed by atoms with E-state index in [0.717, 1.165) is 37.9 Å². The van der Waals surface area contributed by atoms with Crippen LogP contribution in [0.25, 0.3) is 22.3 Å². The SMILES string of the molecule is O=C(NC1(C(=O)O)C2CC3CC(C2)CC1C3)c1cnc(-c2cn(C3CCC(F)(F)CC3)c3cc(OC4CC5(C4)CN(c4ncc(F)cn4)C5)ccc23)nc1C(F)(F)F. The molecule has 6 saturated carbocycles. The van der Waals surface area contributed by atoms with E-state index in [4.69, 9.17) is 4.74 Å². The molecule has 3 aromatic heterocycles. The van der Waals surface area contributed by atoms with E-state index in [1.165, 1.54) is 0 Å². The van der Waals surface area contributed by atoms with Gasteiger partial charge in [-0.3, -0.25) is 4.79 Å². The summed E-state index contributed by atoms with van der Waals surface area (Å²) in [6, 6.07) is 4.78. The highest BCUT2D eigenvalue weighted by atomic mass is 19.4. The second-order valence-corrected chi connectivity index (χ2v) is 17.8. The van der Waals surface area contributed by atoms with E-state index in [1.807, 2.05) is 4.90 Å². The Labute approximate surface area is 328 Å². The van der Waals surface area contributed by atoms with Crippen LogP contribution in [-0.4, -0.2) is 72.1 Å². The molecule has 11 nitrogen and oxygen atoms in total. The van der Waals surface area contributed by atoms with E-state index in [9.17, 15) is 41.0 Å². The van der Waals surface area contributed by atoms with Crippen molar-refractivity contribution >= 4 is 28.7 Å². The van der Waals surface area contributed by atoms with Crippen LogP contribution in [-0.2, 0) is 11.0 Å². The Kier molecular flexibility index (Phi) is 8.38. The molecule has 4 bridgehead atoms. The fourth-order valence-electron chi connectivity index (χ4n) is 11.6. The second-order valence-electron chi connectivity index (χ2n) is 17.8. The summed E-state index contributed by atoms with van der Waals surface area (Å²) in [5, 5.41) is 13.6. The van der Waals surface area contributed by atoms with Crippen LogP contribution in [0.15, 0.2) is 43.0 Å². The third kappa shape index (κ3) is 6.16. The minimum absolute atomic E-state index is 0.0215. The molecule has 11 rings (SSSR count). The maximum atomic E-state index is 14.8. The second kappa shape index (κ2) is 13.0. The number of anilines is 1. The molecule has 1 amide bonds. The van der Waals surface area contributed by atoms with Crippen molar-refractivity contribution < 1.29 is 45.8 Å². The smallest absolute Gasteiger partial charge is 0.434 e. The Bertz CT molecular complexity index is 2260. The zero-order valence-electron chi connectivity index (χ0n) is 31.3. The molecule has 58 heavy (non-hydrogen) atoms. The number of hydrogen-bond donors (Lipinski definition) is 2. The Morgan fingerprint density at radius 1 is 0.914 bits per heavy atom. The zero-order chi connectivity index (χ0) is 40.4. The molecule has 17 heteroatoms. The number of carboxylic acid groups (broad SMARTS) is 1. The van der Waals surface area contributed by atoms with Gasteiger partial charge >= 0.3 is 12.1 Å². The van der Waals surface area contributed by atoms with Crippen molar-refractivity contribution in [3.8, 4) is 17.1 Å². The normalized spacial score (nSPS) is 29.6. The molecule has 2 N–H and O–H groups in total. The maximum absolute atomic E-state index is 14.8. The predicted molar refractivity (Wildman–Crippen MR) is 196 cm³/mol. The molecule has 1 saturated heterocycles. The van der Waals surface area contributed by atoms with E-state index >= 15 is 0 Å². The number of halogens is 6. The molecule has 4 aromatic rings. The van der Waals surface area contributed by atoms with Gasteiger partial charge in [0.25, 0.3) is 5.91 Å². The molecule has 0 unspecified atom stereocenters. The Hall–Kier alpha value is -4.96. The van der Waals surface area contributed by atoms with Gasteiger partial charge in [-0.2, -0.15) is 13.2 Å². The summed E-state index contributed by atoms with van der Waals surface area (Å²) in [5.74, 6) is -5.13. The van der Waals surface area contributed by atoms with Crippen LogP contribution in [0.3, 0.4) is 0 Å². The van der Waals surface area contributed by atoms with Gasteiger partial charge in [0.1, 0.15) is 17.4 Å². The monoisotopic (exact) mass is 809 g/mol. The van der Waals surface area contributed by atoms with Crippen LogP contribution in [0.2, 0.25) is 0 Å². The lowest BCUT2D eigenvalue weighted by molar-refractivity contribution is -0.163. The summed E-state index contributed by atoms with van der Waals surface area (Å²) in [5.41, 5.74) is -3.22. The highest BCUT2D eigenvalue weighted by Crippen LogP contribution is 2.58. The molecule has 0 atom stereocenters. The van der Waals surface area contributed by atoms with Crippen molar-refractivity contribution in [1.29, 1.82) is 0 Å². The number of ether oxygens (including phenoxy) is 1. The average Bonchev–Trinajstić information content (AvgIpc) is 3.51. The number of benzene rings is 1. The number of rotatable bonds is 8. The topological polar surface area (TPSA) is 135 Å². The van der Waals surface area contributed by atoms with Gasteiger partial charge in [-0.1, -0.05) is 0 Å². The molecule has 306 valence electrons. The number of nitrogens with zero attached hydrogens (tertiary/aromatic N) is 6. The number of alkyl halides is 5. The lowest BCUT2D eigenvalue weighted by Gasteiger charge is -2.59. The van der Waals surface area contributed by atoms with E-state index in [2.05, 4.69) is 25.3 Å². The first-order chi connectivity index (χ1) is 27.6. The van der Waals surface area contributed by atoms with Gasteiger partial charge in [-0.05, 0) is 93.6 Å². The van der Waals surface area contributed by atoms with E-state index in [-0.39, 0.29) is 66.5 Å². The van der Waals surface area contributed by atoms with Crippen LogP contribution >= 0.6 is 0 Å². The minimum Gasteiger partial charge on any atom is -0.490 e. The van der Waals surface area contributed by atoms with Crippen LogP contribution in [0, 0.1) is 34.9 Å². The molecule has 1 aliphatic heterocycles. The number of carbonyl (C=O) groups excluding carboxylic acids is 1. The number of aliphatic carboxylic acids is 1. The van der Waals surface area contributed by atoms with Crippen molar-refractivity contribution in [2.24, 2.45) is 29.1 Å². The van der Waals surface area contributed by atoms with Gasteiger partial charge in [-0.15, -0.1) is 0 Å². The molecule has 1 spiro atoms. The number of hydrogen-bond acceptors (Lipinski definition) is 8. The third-order valence-electron chi connectivity index (χ3n) is 14.1. The largest absolute Gasteiger partial charge is 0.490 e. The zero-order valence-corrected chi connectivity index (χ0v) is 31.3. The van der Waals surface area contributed by atoms with E-state index in [0.29, 0.717) is 73.2 Å². The van der Waals surface area contributed by atoms with Gasteiger partial charge in [-0.25, -0.2) is 37.9 Å². The number of nitrogens with one attached hydrogen (secondary N) is 1. The van der Waals surface area contributed by atoms with Gasteiger partial charge < -0.3 is 24.6 Å². The van der Waals surface area contributed by atoms with Crippen molar-refractivity contribution in [3.05, 3.63) is 60.1 Å². The number of carboxylic acids is 1. The molecular formula is C41H41F6N7O4. The molecular weight excluding hydrogens is 768 g/mol. The lowest BCUT2D eigenvalue weighted by atomic mass is 9.48. The van der Waals surface area contributed by atoms with E-state index < -0.39 is 46.6 Å². The molecule has 0 radical (unpaired) electrons. The summed E-state index contributed by atoms with van der Waals surface area (Å²) in [6.07, 6.45) is 4.00. The summed E-state index contributed by atoms with van der Waals surface area (Å²) in [7, 11) is 0. The number of amides is 1. The first-order valence-electron chi connectivity index (χ1n) is 20.0. The van der Waals surface area contributed by atoms with Gasteiger partial charge in [0.05, 0.1) is 23.5 Å². The van der Waals surface area contributed by atoms with Crippen molar-refractivity contribution in [3.63, 3.8) is 0 Å². The summed E-state index contributed by atoms with van der Waals surface area (Å²) in [6.45, 7) is 1.41. The molecule has 6 aliphatic carbocycles. The Balaban J connectivity index is 0.935. The number of aromatic nitrogens is 5. The van der Waals surface area contributed by atoms with Crippen molar-refractivity contribution in [2.45, 2.75) is 100 Å². The number of carbonyl (C=O) groups is 2. The van der Waals surface area contributed by atoms with E-state index in [1.54, 1.807) is 29.0 Å². The summed E-state index contributed by atoms with van der Waals surface area (Å²) < 4.78 is 94.5. The molecule has 7 aliphatic rings. The lowest BCUT2D eigenvalue weighted by Crippen LogP contribution is -2.70. The first kappa shape index (κ1) is 37.3. The molecule has 1 aromatic carbocycles.